The van der Waals surface area contributed by atoms with E-state index < -0.39 is 0 Å². The topological polar surface area (TPSA) is 0 Å². The predicted molar refractivity (Wildman–Crippen MR) is 29.6 cm³/mol. The normalized spacial score (nSPS) is 0. The van der Waals surface area contributed by atoms with E-state index in [-0.39, 0.29) is 61.0 Å². The van der Waals surface area contributed by atoms with Gasteiger partial charge >= 0.3 is 21.7 Å². The summed E-state index contributed by atoms with van der Waals surface area (Å²) >= 11 is 0. The Balaban J connectivity index is 0. The van der Waals surface area contributed by atoms with Gasteiger partial charge in [0.05, 0.1) is 0 Å². The zero-order chi connectivity index (χ0) is 0. The van der Waals surface area contributed by atoms with E-state index >= 15 is 0 Å². The number of hydrogen-bond acceptors (Lipinski definition) is 0. The standard InChI is InChI=1S/3CH3.BrH.Ti/h3*1H3;1H;/q3*-1;;+3. The van der Waals surface area contributed by atoms with E-state index in [9.17, 15) is 0 Å². The number of halogens is 1. The fourth-order valence-electron chi connectivity index (χ4n) is 0. The van der Waals surface area contributed by atoms with Gasteiger partial charge in [-0.2, -0.15) is 0 Å². The molecule has 0 aliphatic heterocycles. The van der Waals surface area contributed by atoms with Gasteiger partial charge in [-0.1, -0.05) is 0 Å². The van der Waals surface area contributed by atoms with Crippen molar-refractivity contribution in [1.82, 2.24) is 0 Å². The molecule has 0 saturated heterocycles. The van der Waals surface area contributed by atoms with Crippen LogP contribution in [0.15, 0.2) is 0 Å². The van der Waals surface area contributed by atoms with Crippen molar-refractivity contribution < 1.29 is 21.7 Å². The minimum atomic E-state index is 0. The second-order valence-corrected chi connectivity index (χ2v) is 0. The van der Waals surface area contributed by atoms with Crippen LogP contribution in [-0.4, -0.2) is 0 Å². The van der Waals surface area contributed by atoms with Crippen LogP contribution in [0, 0.1) is 22.3 Å². The molecule has 0 rings (SSSR count). The molecule has 0 N–H and O–H groups in total. The Morgan fingerprint density at radius 1 is 0.600 bits per heavy atom. The molecule has 0 heterocycles. The van der Waals surface area contributed by atoms with E-state index in [4.69, 9.17) is 0 Å². The monoisotopic (exact) mass is 173 g/mol. The quantitative estimate of drug-likeness (QED) is 0.388. The molecule has 0 saturated carbocycles. The zero-order valence-corrected chi connectivity index (χ0v) is 7.18. The zero-order valence-electron chi connectivity index (χ0n) is 3.91. The maximum absolute atomic E-state index is 0. The third kappa shape index (κ3) is 37.2. The molecule has 0 fully saturated rings. The van der Waals surface area contributed by atoms with Crippen LogP contribution in [0.4, 0.5) is 0 Å². The summed E-state index contributed by atoms with van der Waals surface area (Å²) in [5, 5.41) is 0. The van der Waals surface area contributed by atoms with Crippen molar-refractivity contribution in [1.29, 1.82) is 0 Å². The largest absolute Gasteiger partial charge is 3.00 e. The molecule has 0 atom stereocenters. The van der Waals surface area contributed by atoms with Crippen molar-refractivity contribution in [3.05, 3.63) is 22.3 Å². The molecule has 5 heavy (non-hydrogen) atoms. The van der Waals surface area contributed by atoms with Gasteiger partial charge in [0.2, 0.25) is 0 Å². The summed E-state index contributed by atoms with van der Waals surface area (Å²) < 4.78 is 0. The number of rotatable bonds is 0. The van der Waals surface area contributed by atoms with E-state index in [0.717, 1.165) is 0 Å². The Labute approximate surface area is 61.0 Å². The van der Waals surface area contributed by atoms with Crippen molar-refractivity contribution in [2.75, 3.05) is 0 Å². The Bertz CT molecular complexity index is 6.85. The molecule has 1 radical (unpaired) electrons. The average Bonchev–Trinajstić information content (AvgIpc) is 0. The van der Waals surface area contributed by atoms with Crippen LogP contribution in [0.2, 0.25) is 0 Å². The summed E-state index contributed by atoms with van der Waals surface area (Å²) in [6.45, 7) is 0. The van der Waals surface area contributed by atoms with E-state index in [2.05, 4.69) is 0 Å². The van der Waals surface area contributed by atoms with Gasteiger partial charge in [0.25, 0.3) is 0 Å². The maximum atomic E-state index is 0. The Kier molecular flexibility index (Phi) is 1500. The first-order chi connectivity index (χ1) is 0. The van der Waals surface area contributed by atoms with Crippen molar-refractivity contribution in [3.63, 3.8) is 0 Å². The minimum absolute atomic E-state index is 0. The molecule has 0 aromatic carbocycles. The van der Waals surface area contributed by atoms with Crippen LogP contribution in [0.3, 0.4) is 0 Å². The van der Waals surface area contributed by atoms with E-state index in [1.165, 1.54) is 0 Å². The van der Waals surface area contributed by atoms with Gasteiger partial charge in [-0.3, -0.25) is 0 Å². The molecule has 0 unspecified atom stereocenters. The van der Waals surface area contributed by atoms with Crippen LogP contribution < -0.4 is 0 Å². The van der Waals surface area contributed by atoms with Crippen LogP contribution in [-0.2, 0) is 21.7 Å². The van der Waals surface area contributed by atoms with Crippen LogP contribution in [0.1, 0.15) is 0 Å². The van der Waals surface area contributed by atoms with E-state index in [0.29, 0.717) is 0 Å². The van der Waals surface area contributed by atoms with Crippen molar-refractivity contribution in [2.24, 2.45) is 0 Å². The van der Waals surface area contributed by atoms with Gasteiger partial charge in [0.15, 0.2) is 0 Å². The second-order valence-electron chi connectivity index (χ2n) is 0. The molecular weight excluding hydrogens is 164 g/mol. The summed E-state index contributed by atoms with van der Waals surface area (Å²) in [6, 6.07) is 0. The Hall–Kier alpha value is 1.19. The fraction of sp³-hybridized carbons (Fsp3) is 0. The van der Waals surface area contributed by atoms with Gasteiger partial charge < -0.3 is 22.3 Å². The molecule has 0 aromatic heterocycles. The summed E-state index contributed by atoms with van der Waals surface area (Å²) in [7, 11) is 0. The van der Waals surface area contributed by atoms with Gasteiger partial charge in [-0.15, -0.1) is 17.0 Å². The third-order valence-corrected chi connectivity index (χ3v) is 0. The first-order valence-corrected chi connectivity index (χ1v) is 0. The van der Waals surface area contributed by atoms with E-state index in [1.807, 2.05) is 0 Å². The van der Waals surface area contributed by atoms with Gasteiger partial charge in [0.1, 0.15) is 0 Å². The molecule has 0 aromatic rings. The Morgan fingerprint density at radius 3 is 0.600 bits per heavy atom. The Morgan fingerprint density at radius 2 is 0.600 bits per heavy atom. The second kappa shape index (κ2) is 64.1. The fourth-order valence-corrected chi connectivity index (χ4v) is 0. The molecule has 33 valence electrons. The smallest absolute Gasteiger partial charge is 0.358 e. The van der Waals surface area contributed by atoms with Gasteiger partial charge in [0, 0.05) is 0 Å². The van der Waals surface area contributed by atoms with Crippen molar-refractivity contribution in [2.45, 2.75) is 0 Å². The molecule has 0 nitrogen and oxygen atoms in total. The molecule has 0 spiro atoms. The molecule has 0 bridgehead atoms. The molecule has 0 aliphatic rings. The summed E-state index contributed by atoms with van der Waals surface area (Å²) in [4.78, 5) is 0. The maximum Gasteiger partial charge on any atom is 3.00 e. The first kappa shape index (κ1) is 117. The summed E-state index contributed by atoms with van der Waals surface area (Å²) in [5.74, 6) is 0. The first-order valence-electron chi connectivity index (χ1n) is 0. The van der Waals surface area contributed by atoms with Crippen LogP contribution >= 0.6 is 17.0 Å². The van der Waals surface area contributed by atoms with Crippen LogP contribution in [0.25, 0.3) is 0 Å². The molecule has 2 heteroatoms. The number of hydrogen-bond donors (Lipinski definition) is 0. The van der Waals surface area contributed by atoms with Crippen molar-refractivity contribution in [3.8, 4) is 0 Å². The van der Waals surface area contributed by atoms with E-state index in [1.54, 1.807) is 0 Å². The molecule has 0 aliphatic carbocycles. The third-order valence-electron chi connectivity index (χ3n) is 0. The van der Waals surface area contributed by atoms with Crippen LogP contribution in [0.5, 0.6) is 0 Å². The van der Waals surface area contributed by atoms with Gasteiger partial charge in [-0.05, 0) is 0 Å². The SMILES string of the molecule is Br.[CH3-].[CH3-].[CH3-].[Ti+3]. The summed E-state index contributed by atoms with van der Waals surface area (Å²) in [5.41, 5.74) is 0. The van der Waals surface area contributed by atoms with Crippen molar-refractivity contribution >= 4 is 17.0 Å². The predicted octanol–water partition coefficient (Wildman–Crippen LogP) is 1.93. The molecular formula is C3H10BrTi. The average molecular weight is 174 g/mol. The summed E-state index contributed by atoms with van der Waals surface area (Å²) in [6.07, 6.45) is 0. The molecule has 0 amide bonds. The van der Waals surface area contributed by atoms with Gasteiger partial charge in [-0.25, -0.2) is 0 Å². The minimum Gasteiger partial charge on any atom is -0.358 e.